The zero-order valence-electron chi connectivity index (χ0n) is 13.3. The van der Waals surface area contributed by atoms with Gasteiger partial charge in [0.15, 0.2) is 0 Å². The number of piperazine rings is 1. The van der Waals surface area contributed by atoms with Crippen molar-refractivity contribution in [2.24, 2.45) is 0 Å². The molecule has 6 nitrogen and oxygen atoms in total. The van der Waals surface area contributed by atoms with Gasteiger partial charge in [0.05, 0.1) is 12.9 Å². The first kappa shape index (κ1) is 17.1. The number of anilines is 1. The van der Waals surface area contributed by atoms with E-state index in [1.807, 2.05) is 12.1 Å². The summed E-state index contributed by atoms with van der Waals surface area (Å²) in [6, 6.07) is 8.09. The van der Waals surface area contributed by atoms with E-state index in [9.17, 15) is 8.42 Å². The summed E-state index contributed by atoms with van der Waals surface area (Å²) in [5.41, 5.74) is 1.20. The Morgan fingerprint density at radius 1 is 1.14 bits per heavy atom. The minimum Gasteiger partial charge on any atom is -0.497 e. The fraction of sp³-hybridized carbons (Fsp3) is 0.600. The maximum atomic E-state index is 11.4. The summed E-state index contributed by atoms with van der Waals surface area (Å²) < 4.78 is 30.6. The normalized spacial score (nSPS) is 16.7. The molecule has 22 heavy (non-hydrogen) atoms. The van der Waals surface area contributed by atoms with E-state index in [0.717, 1.165) is 38.5 Å². The van der Waals surface area contributed by atoms with Crippen LogP contribution in [0.25, 0.3) is 0 Å². The standard InChI is InChI=1S/C15H25N3O3S/c1-3-22(19,20)16-8-9-17-10-12-18(13-11-17)14-4-6-15(21-2)7-5-14/h4-7,16H,3,8-13H2,1-2H3. The molecule has 1 heterocycles. The molecular weight excluding hydrogens is 302 g/mol. The number of ether oxygens (including phenoxy) is 1. The molecule has 1 N–H and O–H groups in total. The summed E-state index contributed by atoms with van der Waals surface area (Å²) in [6.07, 6.45) is 0. The smallest absolute Gasteiger partial charge is 0.211 e. The highest BCUT2D eigenvalue weighted by Crippen LogP contribution is 2.20. The van der Waals surface area contributed by atoms with Crippen molar-refractivity contribution in [1.29, 1.82) is 0 Å². The van der Waals surface area contributed by atoms with Crippen molar-refractivity contribution in [3.63, 3.8) is 0 Å². The number of methoxy groups -OCH3 is 1. The van der Waals surface area contributed by atoms with Crippen LogP contribution in [0.5, 0.6) is 5.75 Å². The Bertz CT molecular complexity index is 552. The molecule has 0 bridgehead atoms. The zero-order valence-corrected chi connectivity index (χ0v) is 14.1. The number of hydrogen-bond acceptors (Lipinski definition) is 5. The van der Waals surface area contributed by atoms with Crippen molar-refractivity contribution >= 4 is 15.7 Å². The van der Waals surface area contributed by atoms with E-state index in [1.165, 1.54) is 5.69 Å². The second kappa shape index (κ2) is 7.80. The lowest BCUT2D eigenvalue weighted by Gasteiger charge is -2.36. The van der Waals surface area contributed by atoms with Crippen LogP contribution in [0, 0.1) is 0 Å². The van der Waals surface area contributed by atoms with Crippen molar-refractivity contribution in [1.82, 2.24) is 9.62 Å². The van der Waals surface area contributed by atoms with E-state index in [2.05, 4.69) is 26.7 Å². The highest BCUT2D eigenvalue weighted by atomic mass is 32.2. The van der Waals surface area contributed by atoms with E-state index in [-0.39, 0.29) is 5.75 Å². The molecule has 0 aliphatic carbocycles. The van der Waals surface area contributed by atoms with Crippen molar-refractivity contribution < 1.29 is 13.2 Å². The first-order chi connectivity index (χ1) is 10.5. The molecule has 124 valence electrons. The molecule has 1 aliphatic heterocycles. The van der Waals surface area contributed by atoms with E-state index in [0.29, 0.717) is 6.54 Å². The van der Waals surface area contributed by atoms with Gasteiger partial charge >= 0.3 is 0 Å². The number of hydrogen-bond donors (Lipinski definition) is 1. The number of rotatable bonds is 7. The summed E-state index contributed by atoms with van der Waals surface area (Å²) >= 11 is 0. The van der Waals surface area contributed by atoms with Crippen LogP contribution in [0.4, 0.5) is 5.69 Å². The fourth-order valence-corrected chi connectivity index (χ4v) is 3.09. The number of nitrogens with zero attached hydrogens (tertiary/aromatic N) is 2. The lowest BCUT2D eigenvalue weighted by molar-refractivity contribution is 0.262. The average Bonchev–Trinajstić information content (AvgIpc) is 2.55. The second-order valence-corrected chi connectivity index (χ2v) is 7.42. The Morgan fingerprint density at radius 3 is 2.32 bits per heavy atom. The van der Waals surface area contributed by atoms with Gasteiger partial charge in [-0.05, 0) is 31.2 Å². The molecule has 2 rings (SSSR count). The highest BCUT2D eigenvalue weighted by molar-refractivity contribution is 7.89. The van der Waals surface area contributed by atoms with Gasteiger partial charge in [0.1, 0.15) is 5.75 Å². The van der Waals surface area contributed by atoms with Gasteiger partial charge in [0.2, 0.25) is 10.0 Å². The molecule has 0 unspecified atom stereocenters. The summed E-state index contributed by atoms with van der Waals surface area (Å²) in [6.45, 7) is 6.68. The lowest BCUT2D eigenvalue weighted by Crippen LogP contribution is -2.48. The van der Waals surface area contributed by atoms with E-state index in [4.69, 9.17) is 4.74 Å². The third-order valence-electron chi connectivity index (χ3n) is 3.94. The quantitative estimate of drug-likeness (QED) is 0.801. The van der Waals surface area contributed by atoms with Gasteiger partial charge in [-0.15, -0.1) is 0 Å². The number of nitrogens with one attached hydrogen (secondary N) is 1. The molecule has 1 saturated heterocycles. The molecule has 1 aromatic carbocycles. The molecule has 0 radical (unpaired) electrons. The van der Waals surface area contributed by atoms with Crippen molar-refractivity contribution in [3.8, 4) is 5.75 Å². The summed E-state index contributed by atoms with van der Waals surface area (Å²) in [5.74, 6) is 1.00. The highest BCUT2D eigenvalue weighted by Gasteiger charge is 2.17. The van der Waals surface area contributed by atoms with Gasteiger partial charge in [-0.3, -0.25) is 4.90 Å². The van der Waals surface area contributed by atoms with Gasteiger partial charge in [0, 0.05) is 45.0 Å². The summed E-state index contributed by atoms with van der Waals surface area (Å²) in [4.78, 5) is 4.63. The SMILES string of the molecule is CCS(=O)(=O)NCCN1CCN(c2ccc(OC)cc2)CC1. The first-order valence-electron chi connectivity index (χ1n) is 7.63. The van der Waals surface area contributed by atoms with Gasteiger partial charge in [-0.2, -0.15) is 0 Å². The summed E-state index contributed by atoms with van der Waals surface area (Å²) in [7, 11) is -1.41. The van der Waals surface area contributed by atoms with E-state index in [1.54, 1.807) is 14.0 Å². The Labute approximate surface area is 133 Å². The van der Waals surface area contributed by atoms with Crippen LogP contribution >= 0.6 is 0 Å². The van der Waals surface area contributed by atoms with Crippen LogP contribution < -0.4 is 14.4 Å². The average molecular weight is 327 g/mol. The topological polar surface area (TPSA) is 61.9 Å². The molecule has 0 atom stereocenters. The molecule has 1 aliphatic rings. The van der Waals surface area contributed by atoms with Crippen molar-refractivity contribution in [3.05, 3.63) is 24.3 Å². The molecule has 0 saturated carbocycles. The lowest BCUT2D eigenvalue weighted by atomic mass is 10.2. The second-order valence-electron chi connectivity index (χ2n) is 5.32. The molecule has 1 aromatic rings. The van der Waals surface area contributed by atoms with Crippen LogP contribution in [0.15, 0.2) is 24.3 Å². The maximum Gasteiger partial charge on any atom is 0.211 e. The predicted molar refractivity (Wildman–Crippen MR) is 89.1 cm³/mol. The molecule has 1 fully saturated rings. The van der Waals surface area contributed by atoms with Gasteiger partial charge < -0.3 is 9.64 Å². The molecule has 0 spiro atoms. The fourth-order valence-electron chi connectivity index (χ4n) is 2.48. The predicted octanol–water partition coefficient (Wildman–Crippen LogP) is 0.757. The maximum absolute atomic E-state index is 11.4. The minimum absolute atomic E-state index is 0.137. The van der Waals surface area contributed by atoms with Crippen molar-refractivity contribution in [2.75, 3.05) is 57.0 Å². The van der Waals surface area contributed by atoms with Gasteiger partial charge in [-0.1, -0.05) is 0 Å². The Kier molecular flexibility index (Phi) is 6.05. The minimum atomic E-state index is -3.08. The van der Waals surface area contributed by atoms with Crippen LogP contribution in [-0.4, -0.2) is 65.4 Å². The van der Waals surface area contributed by atoms with E-state index < -0.39 is 10.0 Å². The molecular formula is C15H25N3O3S. The zero-order chi connectivity index (χ0) is 16.0. The molecule has 0 aromatic heterocycles. The molecule has 7 heteroatoms. The molecule has 0 amide bonds. The number of sulfonamides is 1. The van der Waals surface area contributed by atoms with Crippen LogP contribution in [0.3, 0.4) is 0 Å². The largest absolute Gasteiger partial charge is 0.497 e. The summed E-state index contributed by atoms with van der Waals surface area (Å²) in [5, 5.41) is 0. The Morgan fingerprint density at radius 2 is 1.77 bits per heavy atom. The van der Waals surface area contributed by atoms with Crippen LogP contribution in [-0.2, 0) is 10.0 Å². The first-order valence-corrected chi connectivity index (χ1v) is 9.28. The van der Waals surface area contributed by atoms with Crippen molar-refractivity contribution in [2.45, 2.75) is 6.92 Å². The Hall–Kier alpha value is -1.31. The van der Waals surface area contributed by atoms with E-state index >= 15 is 0 Å². The third-order valence-corrected chi connectivity index (χ3v) is 5.34. The van der Waals surface area contributed by atoms with Gasteiger partial charge in [0.25, 0.3) is 0 Å². The Balaban J connectivity index is 1.75. The third kappa shape index (κ3) is 4.86. The monoisotopic (exact) mass is 327 g/mol. The van der Waals surface area contributed by atoms with Gasteiger partial charge in [-0.25, -0.2) is 13.1 Å². The number of benzene rings is 1. The van der Waals surface area contributed by atoms with Crippen LogP contribution in [0.2, 0.25) is 0 Å². The van der Waals surface area contributed by atoms with Crippen LogP contribution in [0.1, 0.15) is 6.92 Å².